The molecule has 6 unspecified atom stereocenters. The third-order valence-electron chi connectivity index (χ3n) is 7.41. The van der Waals surface area contributed by atoms with E-state index < -0.39 is 30.6 Å². The van der Waals surface area contributed by atoms with Crippen molar-refractivity contribution in [1.29, 1.82) is 0 Å². The van der Waals surface area contributed by atoms with Crippen LogP contribution in [0.2, 0.25) is 0 Å². The summed E-state index contributed by atoms with van der Waals surface area (Å²) in [5.74, 6) is -2.74. The molecule has 1 rings (SSSR count). The summed E-state index contributed by atoms with van der Waals surface area (Å²) in [7, 11) is 1.21. The van der Waals surface area contributed by atoms with Crippen molar-refractivity contribution in [2.45, 2.75) is 86.4 Å². The summed E-state index contributed by atoms with van der Waals surface area (Å²) in [6.45, 7) is 12.7. The molecule has 0 aromatic heterocycles. The largest absolute Gasteiger partial charge is 0.466 e. The Hall–Kier alpha value is -3.52. The van der Waals surface area contributed by atoms with Gasteiger partial charge in [-0.05, 0) is 51.5 Å². The molecule has 1 aliphatic rings. The highest BCUT2D eigenvalue weighted by atomic mass is 16.6. The molecule has 6 atom stereocenters. The Kier molecular flexibility index (Phi) is 17.1. The summed E-state index contributed by atoms with van der Waals surface area (Å²) >= 11 is 0. The van der Waals surface area contributed by atoms with Crippen molar-refractivity contribution in [2.24, 2.45) is 23.7 Å². The standard InChI is InChI=1S/C35H50O8/c1-9-29(16-17-30-25(4)15-18-31(36)43-30)14-12-10-11-13-23(2)19-26(5)34(39)28(7)35(40)27(6)20-24(3)21-32(37)42-22-33(38)41-8/h11,13-19,21,25-28,30,35,40H,9-10,12,20,22H2,1-8H3/b13-11+,17-16+,23-19+,24-21+,29-14-. The van der Waals surface area contributed by atoms with Crippen molar-refractivity contribution in [1.82, 2.24) is 0 Å². The first-order chi connectivity index (χ1) is 20.3. The lowest BCUT2D eigenvalue weighted by Crippen LogP contribution is -2.34. The Morgan fingerprint density at radius 1 is 1.12 bits per heavy atom. The minimum absolute atomic E-state index is 0.0537. The highest BCUT2D eigenvalue weighted by Gasteiger charge is 2.29. The Labute approximate surface area is 257 Å². The van der Waals surface area contributed by atoms with Crippen LogP contribution in [0.3, 0.4) is 0 Å². The number of Topliss-reactive ketones (excluding diaryl/α,β-unsaturated/α-hetero) is 1. The van der Waals surface area contributed by atoms with Gasteiger partial charge in [-0.2, -0.15) is 0 Å². The fraction of sp³-hybridized carbons (Fsp3) is 0.543. The molecular weight excluding hydrogens is 548 g/mol. The number of aliphatic hydroxyl groups is 1. The van der Waals surface area contributed by atoms with E-state index in [0.29, 0.717) is 12.0 Å². The lowest BCUT2D eigenvalue weighted by molar-refractivity contribution is -0.154. The number of ether oxygens (including phenoxy) is 3. The maximum Gasteiger partial charge on any atom is 0.344 e. The van der Waals surface area contributed by atoms with Gasteiger partial charge in [-0.25, -0.2) is 14.4 Å². The van der Waals surface area contributed by atoms with Gasteiger partial charge in [0.2, 0.25) is 0 Å². The van der Waals surface area contributed by atoms with Crippen molar-refractivity contribution < 1.29 is 38.5 Å². The van der Waals surface area contributed by atoms with Gasteiger partial charge in [0.05, 0.1) is 13.2 Å². The molecule has 43 heavy (non-hydrogen) atoms. The Morgan fingerprint density at radius 2 is 1.81 bits per heavy atom. The molecule has 0 amide bonds. The van der Waals surface area contributed by atoms with Crippen molar-refractivity contribution >= 4 is 23.7 Å². The van der Waals surface area contributed by atoms with Crippen molar-refractivity contribution in [3.8, 4) is 0 Å². The zero-order chi connectivity index (χ0) is 32.5. The van der Waals surface area contributed by atoms with Crippen LogP contribution in [0.4, 0.5) is 0 Å². The predicted octanol–water partition coefficient (Wildman–Crippen LogP) is 6.17. The number of hydrogen-bond acceptors (Lipinski definition) is 8. The Balaban J connectivity index is 2.60. The molecule has 0 bridgehead atoms. The highest BCUT2D eigenvalue weighted by Crippen LogP contribution is 2.24. The summed E-state index contributed by atoms with van der Waals surface area (Å²) in [5.41, 5.74) is 2.83. The molecule has 0 aromatic carbocycles. The number of ketones is 1. The van der Waals surface area contributed by atoms with E-state index in [-0.39, 0.29) is 35.6 Å². The summed E-state index contributed by atoms with van der Waals surface area (Å²) in [6, 6.07) is 0. The van der Waals surface area contributed by atoms with E-state index in [1.807, 2.05) is 58.1 Å². The van der Waals surface area contributed by atoms with Gasteiger partial charge in [0, 0.05) is 29.9 Å². The third-order valence-corrected chi connectivity index (χ3v) is 7.41. The molecule has 8 heteroatoms. The van der Waals surface area contributed by atoms with Crippen molar-refractivity contribution in [3.63, 3.8) is 0 Å². The second kappa shape index (κ2) is 19.6. The number of carbonyl (C=O) groups excluding carboxylic acids is 4. The fourth-order valence-corrected chi connectivity index (χ4v) is 4.75. The number of aliphatic hydroxyl groups excluding tert-OH is 1. The molecule has 1 heterocycles. The van der Waals surface area contributed by atoms with Crippen LogP contribution in [-0.2, 0) is 33.4 Å². The average Bonchev–Trinajstić information content (AvgIpc) is 2.97. The molecule has 1 N–H and O–H groups in total. The first kappa shape index (κ1) is 37.5. The van der Waals surface area contributed by atoms with Crippen LogP contribution in [0.15, 0.2) is 71.4 Å². The maximum atomic E-state index is 13.1. The Bertz CT molecular complexity index is 1140. The van der Waals surface area contributed by atoms with Gasteiger partial charge in [-0.15, -0.1) is 0 Å². The summed E-state index contributed by atoms with van der Waals surface area (Å²) in [6.07, 6.45) is 18.6. The van der Waals surface area contributed by atoms with Crippen LogP contribution < -0.4 is 0 Å². The maximum absolute atomic E-state index is 13.1. The molecule has 0 aliphatic carbocycles. The van der Waals surface area contributed by atoms with Crippen LogP contribution >= 0.6 is 0 Å². The normalized spacial score (nSPS) is 21.0. The number of allylic oxidation sites excluding steroid dienone is 8. The van der Waals surface area contributed by atoms with Gasteiger partial charge in [0.25, 0.3) is 0 Å². The molecule has 0 saturated heterocycles. The zero-order valence-corrected chi connectivity index (χ0v) is 27.0. The SMILES string of the molecule is CCC(=C/CC/C=C/C(C)=C/C(C)C(=O)C(C)C(O)C(C)C/C(C)=C/C(=O)OCC(=O)OC)/C=C/C1OC(=O)C=CC1C. The van der Waals surface area contributed by atoms with Crippen LogP contribution in [-0.4, -0.2) is 54.7 Å². The van der Waals surface area contributed by atoms with Gasteiger partial charge in [0.15, 0.2) is 6.61 Å². The van der Waals surface area contributed by atoms with Gasteiger partial charge in [-0.3, -0.25) is 4.79 Å². The van der Waals surface area contributed by atoms with Gasteiger partial charge in [0.1, 0.15) is 11.9 Å². The fourth-order valence-electron chi connectivity index (χ4n) is 4.75. The van der Waals surface area contributed by atoms with E-state index in [2.05, 4.69) is 23.8 Å². The van der Waals surface area contributed by atoms with Gasteiger partial charge in [-0.1, -0.05) is 87.8 Å². The van der Waals surface area contributed by atoms with Crippen LogP contribution in [0.25, 0.3) is 0 Å². The molecule has 0 radical (unpaired) electrons. The smallest absolute Gasteiger partial charge is 0.344 e. The average molecular weight is 599 g/mol. The minimum atomic E-state index is -0.882. The molecule has 0 fully saturated rings. The summed E-state index contributed by atoms with van der Waals surface area (Å²) in [5, 5.41) is 10.8. The predicted molar refractivity (Wildman–Crippen MR) is 168 cm³/mol. The molecule has 8 nitrogen and oxygen atoms in total. The van der Waals surface area contributed by atoms with E-state index in [0.717, 1.165) is 24.8 Å². The number of unbranched alkanes of at least 4 members (excludes halogenated alkanes) is 1. The first-order valence-electron chi connectivity index (χ1n) is 15.0. The molecule has 0 aromatic rings. The molecule has 1 aliphatic heterocycles. The molecule has 0 saturated carbocycles. The topological polar surface area (TPSA) is 116 Å². The molecular formula is C35H50O8. The monoisotopic (exact) mass is 598 g/mol. The number of cyclic esters (lactones) is 1. The van der Waals surface area contributed by atoms with Crippen LogP contribution in [0, 0.1) is 23.7 Å². The van der Waals surface area contributed by atoms with E-state index in [1.165, 1.54) is 24.8 Å². The molecule has 238 valence electrons. The second-order valence-electron chi connectivity index (χ2n) is 11.3. The van der Waals surface area contributed by atoms with Gasteiger partial charge >= 0.3 is 17.9 Å². The van der Waals surface area contributed by atoms with Crippen molar-refractivity contribution in [2.75, 3.05) is 13.7 Å². The summed E-state index contributed by atoms with van der Waals surface area (Å²) < 4.78 is 14.6. The van der Waals surface area contributed by atoms with E-state index >= 15 is 0 Å². The first-order valence-corrected chi connectivity index (χ1v) is 15.0. The number of esters is 3. The van der Waals surface area contributed by atoms with Gasteiger partial charge < -0.3 is 19.3 Å². The number of carbonyl (C=O) groups is 4. The number of methoxy groups -OCH3 is 1. The lowest BCUT2D eigenvalue weighted by Gasteiger charge is -2.25. The quantitative estimate of drug-likeness (QED) is 0.0695. The Morgan fingerprint density at radius 3 is 2.47 bits per heavy atom. The zero-order valence-electron chi connectivity index (χ0n) is 27.0. The van der Waals surface area contributed by atoms with E-state index in [1.54, 1.807) is 13.8 Å². The van der Waals surface area contributed by atoms with Crippen LogP contribution in [0.1, 0.15) is 74.1 Å². The highest BCUT2D eigenvalue weighted by molar-refractivity contribution is 5.85. The van der Waals surface area contributed by atoms with E-state index in [4.69, 9.17) is 9.47 Å². The number of rotatable bonds is 17. The van der Waals surface area contributed by atoms with Crippen LogP contribution in [0.5, 0.6) is 0 Å². The second-order valence-corrected chi connectivity index (χ2v) is 11.3. The third kappa shape index (κ3) is 14.5. The minimum Gasteiger partial charge on any atom is -0.466 e. The number of hydrogen-bond donors (Lipinski definition) is 1. The molecule has 0 spiro atoms. The lowest BCUT2D eigenvalue weighted by atomic mass is 9.83. The van der Waals surface area contributed by atoms with Crippen molar-refractivity contribution in [3.05, 3.63) is 71.4 Å². The van der Waals surface area contributed by atoms with E-state index in [9.17, 15) is 24.3 Å². The summed E-state index contributed by atoms with van der Waals surface area (Å²) in [4.78, 5) is 47.5.